The number of hydrogen-bond donors (Lipinski definition) is 1. The van der Waals surface area contributed by atoms with E-state index in [2.05, 4.69) is 31.3 Å². The molecule has 0 spiro atoms. The summed E-state index contributed by atoms with van der Waals surface area (Å²) in [6.45, 7) is 7.33. The maximum absolute atomic E-state index is 5.00. The Labute approximate surface area is 103 Å². The topological polar surface area (TPSA) is 21.3 Å². The third-order valence-electron chi connectivity index (χ3n) is 2.59. The molecule has 0 saturated carbocycles. The highest BCUT2D eigenvalue weighted by Crippen LogP contribution is 2.19. The molecule has 1 unspecified atom stereocenters. The van der Waals surface area contributed by atoms with Crippen LogP contribution in [0, 0.1) is 5.92 Å². The van der Waals surface area contributed by atoms with Crippen LogP contribution >= 0.6 is 11.3 Å². The quantitative estimate of drug-likeness (QED) is 0.707. The van der Waals surface area contributed by atoms with Crippen LogP contribution in [-0.2, 0) is 17.6 Å². The molecule has 1 heterocycles. The van der Waals surface area contributed by atoms with Crippen molar-refractivity contribution in [3.63, 3.8) is 0 Å². The summed E-state index contributed by atoms with van der Waals surface area (Å²) in [5, 5.41) is 3.41. The van der Waals surface area contributed by atoms with Crippen LogP contribution in [0.15, 0.2) is 12.1 Å². The molecular formula is C13H23NOS. The summed E-state index contributed by atoms with van der Waals surface area (Å²) in [6, 6.07) is 4.53. The summed E-state index contributed by atoms with van der Waals surface area (Å²) < 4.78 is 5.00. The lowest BCUT2D eigenvalue weighted by atomic mass is 10.1. The van der Waals surface area contributed by atoms with Gasteiger partial charge in [0.2, 0.25) is 0 Å². The fourth-order valence-electron chi connectivity index (χ4n) is 1.66. The normalized spacial score (nSPS) is 12.9. The molecule has 16 heavy (non-hydrogen) atoms. The first-order valence-corrected chi connectivity index (χ1v) is 6.85. The lowest BCUT2D eigenvalue weighted by Crippen LogP contribution is -2.25. The van der Waals surface area contributed by atoms with Gasteiger partial charge in [-0.25, -0.2) is 0 Å². The van der Waals surface area contributed by atoms with Crippen molar-refractivity contribution in [2.75, 3.05) is 26.8 Å². The third-order valence-corrected chi connectivity index (χ3v) is 3.84. The first-order valence-electron chi connectivity index (χ1n) is 6.03. The van der Waals surface area contributed by atoms with E-state index in [9.17, 15) is 0 Å². The van der Waals surface area contributed by atoms with Gasteiger partial charge in [0, 0.05) is 23.4 Å². The Balaban J connectivity index is 2.20. The van der Waals surface area contributed by atoms with Crippen LogP contribution in [0.2, 0.25) is 0 Å². The van der Waals surface area contributed by atoms with Gasteiger partial charge in [0.05, 0.1) is 6.61 Å². The number of hydrogen-bond acceptors (Lipinski definition) is 3. The minimum atomic E-state index is 0.695. The van der Waals surface area contributed by atoms with Crippen molar-refractivity contribution in [2.45, 2.75) is 26.7 Å². The molecule has 0 radical (unpaired) electrons. The lowest BCUT2D eigenvalue weighted by molar-refractivity contribution is 0.198. The van der Waals surface area contributed by atoms with E-state index in [1.807, 2.05) is 11.3 Å². The first kappa shape index (κ1) is 13.7. The van der Waals surface area contributed by atoms with Crippen LogP contribution < -0.4 is 5.32 Å². The molecule has 0 bridgehead atoms. The molecule has 1 aromatic heterocycles. The summed E-state index contributed by atoms with van der Waals surface area (Å²) in [4.78, 5) is 3.01. The monoisotopic (exact) mass is 241 g/mol. The maximum atomic E-state index is 5.00. The van der Waals surface area contributed by atoms with Crippen LogP contribution in [0.3, 0.4) is 0 Å². The third kappa shape index (κ3) is 5.10. The number of aryl methyl sites for hydroxylation is 1. The van der Waals surface area contributed by atoms with Gasteiger partial charge in [-0.05, 0) is 37.4 Å². The number of ether oxygens (including phenoxy) is 1. The van der Waals surface area contributed by atoms with Gasteiger partial charge in [-0.2, -0.15) is 0 Å². The second kappa shape index (κ2) is 7.82. The molecule has 0 saturated heterocycles. The molecular weight excluding hydrogens is 218 g/mol. The molecule has 0 fully saturated rings. The van der Waals surface area contributed by atoms with Crippen molar-refractivity contribution in [1.29, 1.82) is 0 Å². The van der Waals surface area contributed by atoms with Gasteiger partial charge < -0.3 is 10.1 Å². The summed E-state index contributed by atoms with van der Waals surface area (Å²) in [5.74, 6) is 0.695. The van der Waals surface area contributed by atoms with E-state index in [-0.39, 0.29) is 0 Å². The zero-order chi connectivity index (χ0) is 11.8. The van der Waals surface area contributed by atoms with E-state index in [0.717, 1.165) is 26.1 Å². The van der Waals surface area contributed by atoms with Gasteiger partial charge in [-0.15, -0.1) is 11.3 Å². The summed E-state index contributed by atoms with van der Waals surface area (Å²) >= 11 is 1.95. The van der Waals surface area contributed by atoms with Gasteiger partial charge in [-0.3, -0.25) is 0 Å². The fourth-order valence-corrected chi connectivity index (χ4v) is 2.78. The highest BCUT2D eigenvalue weighted by Gasteiger charge is 2.05. The Bertz CT molecular complexity index is 285. The first-order chi connectivity index (χ1) is 7.76. The van der Waals surface area contributed by atoms with Crippen LogP contribution in [0.5, 0.6) is 0 Å². The standard InChI is InChI=1S/C13H23NOS/c1-4-12-5-6-13(16-12)9-11(2)10-14-7-8-15-3/h5-6,11,14H,4,7-10H2,1-3H3. The predicted octanol–water partition coefficient (Wildman–Crippen LogP) is 2.73. The molecule has 0 aliphatic rings. The van der Waals surface area contributed by atoms with Crippen LogP contribution in [0.1, 0.15) is 23.6 Å². The molecule has 0 amide bonds. The Morgan fingerprint density at radius 3 is 2.75 bits per heavy atom. The van der Waals surface area contributed by atoms with Crippen LogP contribution in [0.25, 0.3) is 0 Å². The van der Waals surface area contributed by atoms with Crippen LogP contribution in [-0.4, -0.2) is 26.8 Å². The molecule has 1 rings (SSSR count). The molecule has 1 atom stereocenters. The highest BCUT2D eigenvalue weighted by atomic mass is 32.1. The fraction of sp³-hybridized carbons (Fsp3) is 0.692. The van der Waals surface area contributed by atoms with Crippen molar-refractivity contribution >= 4 is 11.3 Å². The molecule has 2 nitrogen and oxygen atoms in total. The average Bonchev–Trinajstić information content (AvgIpc) is 2.72. The number of rotatable bonds is 8. The lowest BCUT2D eigenvalue weighted by Gasteiger charge is -2.11. The van der Waals surface area contributed by atoms with Crippen LogP contribution in [0.4, 0.5) is 0 Å². The average molecular weight is 241 g/mol. The van der Waals surface area contributed by atoms with Gasteiger partial charge in [-0.1, -0.05) is 13.8 Å². The molecule has 3 heteroatoms. The minimum Gasteiger partial charge on any atom is -0.383 e. The van der Waals surface area contributed by atoms with Crippen molar-refractivity contribution in [1.82, 2.24) is 5.32 Å². The van der Waals surface area contributed by atoms with Gasteiger partial charge in [0.25, 0.3) is 0 Å². The largest absolute Gasteiger partial charge is 0.383 e. The Morgan fingerprint density at radius 2 is 2.12 bits per heavy atom. The molecule has 1 aromatic rings. The van der Waals surface area contributed by atoms with E-state index in [1.165, 1.54) is 16.2 Å². The molecule has 0 aliphatic carbocycles. The number of nitrogens with one attached hydrogen (secondary N) is 1. The Kier molecular flexibility index (Phi) is 6.69. The second-order valence-electron chi connectivity index (χ2n) is 4.23. The molecule has 1 N–H and O–H groups in total. The van der Waals surface area contributed by atoms with Gasteiger partial charge in [0.15, 0.2) is 0 Å². The summed E-state index contributed by atoms with van der Waals surface area (Å²) in [7, 11) is 1.74. The summed E-state index contributed by atoms with van der Waals surface area (Å²) in [6.07, 6.45) is 2.34. The van der Waals surface area contributed by atoms with Gasteiger partial charge in [0.1, 0.15) is 0 Å². The summed E-state index contributed by atoms with van der Waals surface area (Å²) in [5.41, 5.74) is 0. The van der Waals surface area contributed by atoms with Gasteiger partial charge >= 0.3 is 0 Å². The minimum absolute atomic E-state index is 0.695. The molecule has 0 aromatic carbocycles. The van der Waals surface area contributed by atoms with Crippen molar-refractivity contribution in [3.05, 3.63) is 21.9 Å². The predicted molar refractivity (Wildman–Crippen MR) is 71.3 cm³/mol. The van der Waals surface area contributed by atoms with E-state index >= 15 is 0 Å². The van der Waals surface area contributed by atoms with Crippen molar-refractivity contribution in [3.8, 4) is 0 Å². The second-order valence-corrected chi connectivity index (χ2v) is 5.48. The smallest absolute Gasteiger partial charge is 0.0587 e. The zero-order valence-electron chi connectivity index (χ0n) is 10.6. The number of thiophene rings is 1. The van der Waals surface area contributed by atoms with Crippen molar-refractivity contribution < 1.29 is 4.74 Å². The highest BCUT2D eigenvalue weighted by molar-refractivity contribution is 7.11. The SMILES string of the molecule is CCc1ccc(CC(C)CNCCOC)s1. The van der Waals surface area contributed by atoms with E-state index in [0.29, 0.717) is 5.92 Å². The number of methoxy groups -OCH3 is 1. The molecule has 92 valence electrons. The maximum Gasteiger partial charge on any atom is 0.0587 e. The Morgan fingerprint density at radius 1 is 1.38 bits per heavy atom. The van der Waals surface area contributed by atoms with Crippen molar-refractivity contribution in [2.24, 2.45) is 5.92 Å². The Hall–Kier alpha value is -0.380. The van der Waals surface area contributed by atoms with E-state index in [1.54, 1.807) is 7.11 Å². The zero-order valence-corrected chi connectivity index (χ0v) is 11.4. The van der Waals surface area contributed by atoms with E-state index in [4.69, 9.17) is 4.74 Å². The van der Waals surface area contributed by atoms with E-state index < -0.39 is 0 Å². The molecule has 0 aliphatic heterocycles.